The second kappa shape index (κ2) is 5.66. The summed E-state index contributed by atoms with van der Waals surface area (Å²) < 4.78 is 0. The van der Waals surface area contributed by atoms with E-state index in [1.54, 1.807) is 0 Å². The summed E-state index contributed by atoms with van der Waals surface area (Å²) >= 11 is 0. The number of carboxylic acid groups (broad SMARTS) is 1. The van der Waals surface area contributed by atoms with Crippen LogP contribution in [0.4, 0.5) is 5.82 Å². The molecule has 21 heavy (non-hydrogen) atoms. The van der Waals surface area contributed by atoms with Gasteiger partial charge in [-0.05, 0) is 56.6 Å². The van der Waals surface area contributed by atoms with Crippen molar-refractivity contribution in [2.24, 2.45) is 5.41 Å². The second-order valence-electron chi connectivity index (χ2n) is 7.09. The van der Waals surface area contributed by atoms with Gasteiger partial charge in [-0.15, -0.1) is 0 Å². The summed E-state index contributed by atoms with van der Waals surface area (Å²) in [6, 6.07) is 2.22. The summed E-state index contributed by atoms with van der Waals surface area (Å²) in [5.41, 5.74) is 2.40. The summed E-state index contributed by atoms with van der Waals surface area (Å²) in [4.78, 5) is 18.2. The lowest BCUT2D eigenvalue weighted by Crippen LogP contribution is -2.38. The van der Waals surface area contributed by atoms with Crippen molar-refractivity contribution in [3.8, 4) is 0 Å². The maximum absolute atomic E-state index is 11.6. The third kappa shape index (κ3) is 3.36. The average molecular weight is 290 g/mol. The molecule has 1 fully saturated rings. The Balaban J connectivity index is 2.31. The average Bonchev–Trinajstić information content (AvgIpc) is 2.36. The van der Waals surface area contributed by atoms with Crippen LogP contribution in [0.1, 0.15) is 61.1 Å². The Hall–Kier alpha value is -1.58. The van der Waals surface area contributed by atoms with Crippen LogP contribution in [-0.2, 0) is 0 Å². The number of anilines is 1. The third-order valence-electron chi connectivity index (χ3n) is 4.73. The number of pyridine rings is 1. The van der Waals surface area contributed by atoms with E-state index in [9.17, 15) is 9.90 Å². The zero-order valence-electron chi connectivity index (χ0n) is 13.7. The molecule has 0 unspecified atom stereocenters. The highest BCUT2D eigenvalue weighted by atomic mass is 16.4. The third-order valence-corrected chi connectivity index (χ3v) is 4.73. The lowest BCUT2D eigenvalue weighted by atomic mass is 9.75. The van der Waals surface area contributed by atoms with E-state index in [2.05, 4.69) is 23.7 Å². The Kier molecular flexibility index (Phi) is 4.26. The number of hydrogen-bond donors (Lipinski definition) is 1. The van der Waals surface area contributed by atoms with E-state index < -0.39 is 5.97 Å². The van der Waals surface area contributed by atoms with Gasteiger partial charge in [-0.2, -0.15) is 0 Å². The van der Waals surface area contributed by atoms with Gasteiger partial charge >= 0.3 is 5.97 Å². The Bertz CT molecular complexity index is 542. The highest BCUT2D eigenvalue weighted by molar-refractivity contribution is 5.95. The van der Waals surface area contributed by atoms with Crippen LogP contribution in [0.3, 0.4) is 0 Å². The predicted octanol–water partition coefficient (Wildman–Crippen LogP) is 3.80. The van der Waals surface area contributed by atoms with Crippen LogP contribution in [0.5, 0.6) is 0 Å². The number of carbonyl (C=O) groups is 1. The van der Waals surface area contributed by atoms with Gasteiger partial charge in [0.2, 0.25) is 0 Å². The number of hydrogen-bond acceptors (Lipinski definition) is 3. The van der Waals surface area contributed by atoms with Crippen molar-refractivity contribution < 1.29 is 9.90 Å². The SMILES string of the molecule is Cc1cc(C)c(C(=O)O)c(N(C)C2CCC(C)(C)CC2)n1. The quantitative estimate of drug-likeness (QED) is 0.920. The van der Waals surface area contributed by atoms with Crippen LogP contribution < -0.4 is 4.90 Å². The number of aromatic nitrogens is 1. The van der Waals surface area contributed by atoms with Gasteiger partial charge in [0.05, 0.1) is 0 Å². The first-order chi connectivity index (χ1) is 9.71. The van der Waals surface area contributed by atoms with E-state index in [1.165, 1.54) is 12.8 Å². The summed E-state index contributed by atoms with van der Waals surface area (Å²) in [5.74, 6) is -0.275. The number of aryl methyl sites for hydroxylation is 2. The first kappa shape index (κ1) is 15.8. The molecule has 1 saturated carbocycles. The van der Waals surface area contributed by atoms with Crippen LogP contribution in [0.2, 0.25) is 0 Å². The van der Waals surface area contributed by atoms with Crippen molar-refractivity contribution in [3.63, 3.8) is 0 Å². The Morgan fingerprint density at radius 2 is 1.90 bits per heavy atom. The zero-order valence-corrected chi connectivity index (χ0v) is 13.7. The van der Waals surface area contributed by atoms with Crippen molar-refractivity contribution in [1.29, 1.82) is 0 Å². The highest BCUT2D eigenvalue weighted by Crippen LogP contribution is 2.38. The molecule has 0 saturated heterocycles. The molecule has 0 bridgehead atoms. The van der Waals surface area contributed by atoms with Crippen molar-refractivity contribution in [2.75, 3.05) is 11.9 Å². The first-order valence-electron chi connectivity index (χ1n) is 7.65. The Labute approximate surface area is 127 Å². The standard InChI is InChI=1S/C17H26N2O2/c1-11-10-12(2)18-15(14(11)16(20)21)19(5)13-6-8-17(3,4)9-7-13/h10,13H,6-9H2,1-5H3,(H,20,21). The summed E-state index contributed by atoms with van der Waals surface area (Å²) in [6.45, 7) is 8.38. The molecule has 0 spiro atoms. The monoisotopic (exact) mass is 290 g/mol. The molecule has 4 heteroatoms. The van der Waals surface area contributed by atoms with Crippen LogP contribution >= 0.6 is 0 Å². The molecule has 1 aliphatic rings. The molecule has 1 heterocycles. The molecule has 0 aromatic carbocycles. The molecule has 1 aliphatic carbocycles. The molecule has 0 aliphatic heterocycles. The molecule has 2 rings (SSSR count). The van der Waals surface area contributed by atoms with E-state index in [4.69, 9.17) is 0 Å². The van der Waals surface area contributed by atoms with Crippen LogP contribution in [0, 0.1) is 19.3 Å². The van der Waals surface area contributed by atoms with E-state index in [1.807, 2.05) is 27.0 Å². The molecule has 1 aromatic heterocycles. The molecular weight excluding hydrogens is 264 g/mol. The van der Waals surface area contributed by atoms with E-state index >= 15 is 0 Å². The van der Waals surface area contributed by atoms with Gasteiger partial charge in [0.25, 0.3) is 0 Å². The van der Waals surface area contributed by atoms with Gasteiger partial charge in [-0.25, -0.2) is 9.78 Å². The minimum Gasteiger partial charge on any atom is -0.478 e. The summed E-state index contributed by atoms with van der Waals surface area (Å²) in [5, 5.41) is 9.50. The molecule has 0 atom stereocenters. The molecule has 1 N–H and O–H groups in total. The predicted molar refractivity (Wildman–Crippen MR) is 85.1 cm³/mol. The molecular formula is C17H26N2O2. The zero-order chi connectivity index (χ0) is 15.8. The fourth-order valence-corrected chi connectivity index (χ4v) is 3.28. The van der Waals surface area contributed by atoms with Crippen LogP contribution in [0.15, 0.2) is 6.07 Å². The highest BCUT2D eigenvalue weighted by Gasteiger charge is 2.31. The summed E-state index contributed by atoms with van der Waals surface area (Å²) in [6.07, 6.45) is 4.54. The van der Waals surface area contributed by atoms with Crippen molar-refractivity contribution in [2.45, 2.75) is 59.4 Å². The molecule has 0 amide bonds. The van der Waals surface area contributed by atoms with E-state index in [0.717, 1.165) is 24.1 Å². The van der Waals surface area contributed by atoms with Gasteiger partial charge in [-0.3, -0.25) is 0 Å². The normalized spacial score (nSPS) is 18.5. The van der Waals surface area contributed by atoms with Gasteiger partial charge in [0.1, 0.15) is 11.4 Å². The van der Waals surface area contributed by atoms with Gasteiger partial charge < -0.3 is 10.0 Å². The fourth-order valence-electron chi connectivity index (χ4n) is 3.28. The minimum atomic E-state index is -0.891. The van der Waals surface area contributed by atoms with E-state index in [-0.39, 0.29) is 0 Å². The maximum atomic E-state index is 11.6. The molecule has 0 radical (unpaired) electrons. The van der Waals surface area contributed by atoms with Gasteiger partial charge in [-0.1, -0.05) is 13.8 Å². The number of aromatic carboxylic acids is 1. The smallest absolute Gasteiger partial charge is 0.339 e. The Morgan fingerprint density at radius 1 is 1.33 bits per heavy atom. The summed E-state index contributed by atoms with van der Waals surface area (Å²) in [7, 11) is 1.98. The largest absolute Gasteiger partial charge is 0.478 e. The molecule has 116 valence electrons. The van der Waals surface area contributed by atoms with E-state index in [0.29, 0.717) is 22.8 Å². The lowest BCUT2D eigenvalue weighted by Gasteiger charge is -2.39. The van der Waals surface area contributed by atoms with Crippen molar-refractivity contribution in [3.05, 3.63) is 22.9 Å². The Morgan fingerprint density at radius 3 is 2.43 bits per heavy atom. The van der Waals surface area contributed by atoms with Crippen molar-refractivity contribution >= 4 is 11.8 Å². The van der Waals surface area contributed by atoms with Crippen LogP contribution in [-0.4, -0.2) is 29.1 Å². The lowest BCUT2D eigenvalue weighted by molar-refractivity contribution is 0.0696. The number of carboxylic acids is 1. The van der Waals surface area contributed by atoms with Crippen LogP contribution in [0.25, 0.3) is 0 Å². The van der Waals surface area contributed by atoms with Crippen molar-refractivity contribution in [1.82, 2.24) is 4.98 Å². The maximum Gasteiger partial charge on any atom is 0.339 e. The molecule has 1 aromatic rings. The van der Waals surface area contributed by atoms with Gasteiger partial charge in [0.15, 0.2) is 0 Å². The first-order valence-corrected chi connectivity index (χ1v) is 7.65. The fraction of sp³-hybridized carbons (Fsp3) is 0.647. The number of rotatable bonds is 3. The minimum absolute atomic E-state index is 0.341. The topological polar surface area (TPSA) is 53.4 Å². The molecule has 4 nitrogen and oxygen atoms in total. The number of nitrogens with zero attached hydrogens (tertiary/aromatic N) is 2. The van der Waals surface area contributed by atoms with Gasteiger partial charge in [0, 0.05) is 18.8 Å². The second-order valence-corrected chi connectivity index (χ2v) is 7.09.